The number of allylic oxidation sites excluding steroid dienone is 1. The highest BCUT2D eigenvalue weighted by Crippen LogP contribution is 2.51. The van der Waals surface area contributed by atoms with Crippen molar-refractivity contribution in [1.82, 2.24) is 0 Å². The molecule has 166 valence electrons. The van der Waals surface area contributed by atoms with E-state index in [0.29, 0.717) is 29.7 Å². The summed E-state index contributed by atoms with van der Waals surface area (Å²) in [6, 6.07) is 0. The SMILES string of the molecule is CCOC(=O)C[C@H]1CC(O[Si](C(C)C)(C(C)C)C(C)C)=C[C@H]2[C@@H]1C(=O)OC2(C)C. The Morgan fingerprint density at radius 2 is 1.72 bits per heavy atom. The molecule has 0 aromatic rings. The minimum Gasteiger partial charge on any atom is -0.546 e. The first-order valence-corrected chi connectivity index (χ1v) is 13.3. The number of carbonyl (C=O) groups excluding carboxylic acids is 2. The molecular weight excluding hydrogens is 384 g/mol. The van der Waals surface area contributed by atoms with Crippen molar-refractivity contribution >= 4 is 20.3 Å². The molecule has 1 aliphatic heterocycles. The summed E-state index contributed by atoms with van der Waals surface area (Å²) in [7, 11) is -2.12. The van der Waals surface area contributed by atoms with Crippen molar-refractivity contribution in [3.05, 3.63) is 11.8 Å². The zero-order valence-electron chi connectivity index (χ0n) is 19.7. The topological polar surface area (TPSA) is 61.8 Å². The summed E-state index contributed by atoms with van der Waals surface area (Å²) in [6.07, 6.45) is 2.94. The molecule has 0 spiro atoms. The first-order valence-electron chi connectivity index (χ1n) is 11.1. The molecule has 0 bridgehead atoms. The van der Waals surface area contributed by atoms with Gasteiger partial charge in [0.25, 0.3) is 8.32 Å². The largest absolute Gasteiger partial charge is 0.546 e. The predicted octanol–water partition coefficient (Wildman–Crippen LogP) is 5.60. The minimum absolute atomic E-state index is 0.0867. The van der Waals surface area contributed by atoms with Crippen LogP contribution in [0.4, 0.5) is 0 Å². The molecule has 2 rings (SSSR count). The van der Waals surface area contributed by atoms with E-state index in [1.54, 1.807) is 6.92 Å². The highest BCUT2D eigenvalue weighted by Gasteiger charge is 2.56. The number of cyclic esters (lactones) is 1. The van der Waals surface area contributed by atoms with Gasteiger partial charge in [-0.1, -0.05) is 41.5 Å². The van der Waals surface area contributed by atoms with Gasteiger partial charge in [-0.3, -0.25) is 9.59 Å². The number of hydrogen-bond donors (Lipinski definition) is 0. The fourth-order valence-corrected chi connectivity index (χ4v) is 11.0. The quantitative estimate of drug-likeness (QED) is 0.375. The first-order chi connectivity index (χ1) is 13.4. The Morgan fingerprint density at radius 3 is 2.21 bits per heavy atom. The Bertz CT molecular complexity index is 628. The van der Waals surface area contributed by atoms with Gasteiger partial charge in [-0.15, -0.1) is 0 Å². The van der Waals surface area contributed by atoms with Gasteiger partial charge in [0.1, 0.15) is 5.60 Å². The van der Waals surface area contributed by atoms with Crippen molar-refractivity contribution in [3.63, 3.8) is 0 Å². The molecule has 1 saturated heterocycles. The van der Waals surface area contributed by atoms with Crippen LogP contribution >= 0.6 is 0 Å². The molecule has 1 aliphatic carbocycles. The van der Waals surface area contributed by atoms with E-state index in [0.717, 1.165) is 5.76 Å². The third-order valence-electron chi connectivity index (χ3n) is 6.91. The molecule has 0 aromatic carbocycles. The molecule has 1 heterocycles. The van der Waals surface area contributed by atoms with Gasteiger partial charge in [-0.25, -0.2) is 0 Å². The molecule has 5 nitrogen and oxygen atoms in total. The van der Waals surface area contributed by atoms with Crippen molar-refractivity contribution in [2.75, 3.05) is 6.61 Å². The molecule has 3 atom stereocenters. The number of fused-ring (bicyclic) bond motifs is 1. The molecule has 0 saturated carbocycles. The Labute approximate surface area is 177 Å². The van der Waals surface area contributed by atoms with Crippen molar-refractivity contribution in [1.29, 1.82) is 0 Å². The molecular formula is C23H40O5Si. The van der Waals surface area contributed by atoms with Gasteiger partial charge in [-0.05, 0) is 49.4 Å². The Hall–Kier alpha value is -1.30. The second-order valence-corrected chi connectivity index (χ2v) is 15.5. The average Bonchev–Trinajstić information content (AvgIpc) is 2.80. The molecule has 0 N–H and O–H groups in total. The Morgan fingerprint density at radius 1 is 1.17 bits per heavy atom. The van der Waals surface area contributed by atoms with Crippen molar-refractivity contribution in [2.45, 2.75) is 97.4 Å². The summed E-state index contributed by atoms with van der Waals surface area (Å²) in [5.74, 6) is -0.0627. The highest BCUT2D eigenvalue weighted by molar-refractivity contribution is 6.77. The molecule has 0 aromatic heterocycles. The minimum atomic E-state index is -2.12. The van der Waals surface area contributed by atoms with Crippen LogP contribution in [0.5, 0.6) is 0 Å². The molecule has 29 heavy (non-hydrogen) atoms. The van der Waals surface area contributed by atoms with E-state index in [1.807, 2.05) is 13.8 Å². The van der Waals surface area contributed by atoms with Crippen LogP contribution in [0, 0.1) is 17.8 Å². The summed E-state index contributed by atoms with van der Waals surface area (Å²) in [5, 5.41) is 0. The van der Waals surface area contributed by atoms with Crippen LogP contribution in [0.15, 0.2) is 11.8 Å². The normalized spacial score (nSPS) is 26.4. The van der Waals surface area contributed by atoms with E-state index in [9.17, 15) is 9.59 Å². The lowest BCUT2D eigenvalue weighted by Crippen LogP contribution is -2.48. The first kappa shape index (κ1) is 24.0. The molecule has 1 fully saturated rings. The van der Waals surface area contributed by atoms with Crippen LogP contribution in [0.1, 0.15) is 75.2 Å². The van der Waals surface area contributed by atoms with Crippen molar-refractivity contribution < 1.29 is 23.5 Å². The Kier molecular flexibility index (Phi) is 7.29. The van der Waals surface area contributed by atoms with Crippen molar-refractivity contribution in [3.8, 4) is 0 Å². The van der Waals surface area contributed by atoms with Gasteiger partial charge in [0.05, 0.1) is 18.3 Å². The number of rotatable bonds is 8. The summed E-state index contributed by atoms with van der Waals surface area (Å²) >= 11 is 0. The lowest BCUT2D eigenvalue weighted by Gasteiger charge is -2.45. The third-order valence-corrected chi connectivity index (χ3v) is 12.9. The fourth-order valence-electron chi connectivity index (χ4n) is 5.71. The molecule has 0 amide bonds. The second kappa shape index (κ2) is 8.82. The third kappa shape index (κ3) is 4.57. The van der Waals surface area contributed by atoms with Gasteiger partial charge < -0.3 is 13.9 Å². The number of ether oxygens (including phenoxy) is 2. The highest BCUT2D eigenvalue weighted by atomic mass is 28.4. The van der Waals surface area contributed by atoms with Crippen LogP contribution in [0.25, 0.3) is 0 Å². The van der Waals surface area contributed by atoms with E-state index >= 15 is 0 Å². The van der Waals surface area contributed by atoms with Crippen LogP contribution in [-0.2, 0) is 23.5 Å². The maximum absolute atomic E-state index is 12.7. The zero-order chi connectivity index (χ0) is 22.1. The van der Waals surface area contributed by atoms with E-state index < -0.39 is 13.9 Å². The number of esters is 2. The maximum atomic E-state index is 12.7. The average molecular weight is 425 g/mol. The fraction of sp³-hybridized carbons (Fsp3) is 0.826. The van der Waals surface area contributed by atoms with Crippen molar-refractivity contribution in [2.24, 2.45) is 17.8 Å². The second-order valence-electron chi connectivity index (χ2n) is 10.1. The van der Waals surface area contributed by atoms with E-state index in [-0.39, 0.29) is 36.1 Å². The van der Waals surface area contributed by atoms with Crippen LogP contribution in [-0.4, -0.2) is 32.5 Å². The van der Waals surface area contributed by atoms with Gasteiger partial charge >= 0.3 is 11.9 Å². The van der Waals surface area contributed by atoms with Gasteiger partial charge in [0, 0.05) is 18.8 Å². The summed E-state index contributed by atoms with van der Waals surface area (Å²) in [4.78, 5) is 24.9. The Balaban J connectivity index is 2.42. The van der Waals surface area contributed by atoms with E-state index in [1.165, 1.54) is 0 Å². The number of carbonyl (C=O) groups is 2. The summed E-state index contributed by atoms with van der Waals surface area (Å²) in [6.45, 7) is 19.6. The smallest absolute Gasteiger partial charge is 0.310 e. The lowest BCUT2D eigenvalue weighted by atomic mass is 9.70. The van der Waals surface area contributed by atoms with E-state index in [2.05, 4.69) is 47.6 Å². The molecule has 2 aliphatic rings. The summed E-state index contributed by atoms with van der Waals surface area (Å²) in [5.41, 5.74) is 0.777. The maximum Gasteiger partial charge on any atom is 0.310 e. The monoisotopic (exact) mass is 424 g/mol. The van der Waals surface area contributed by atoms with E-state index in [4.69, 9.17) is 13.9 Å². The molecule has 6 heteroatoms. The van der Waals surface area contributed by atoms with Gasteiger partial charge in [0.15, 0.2) is 0 Å². The van der Waals surface area contributed by atoms with Crippen LogP contribution in [0.2, 0.25) is 16.6 Å². The van der Waals surface area contributed by atoms with Gasteiger partial charge in [0.2, 0.25) is 0 Å². The van der Waals surface area contributed by atoms with Crippen LogP contribution in [0.3, 0.4) is 0 Å². The predicted molar refractivity (Wildman–Crippen MR) is 117 cm³/mol. The van der Waals surface area contributed by atoms with Gasteiger partial charge in [-0.2, -0.15) is 0 Å². The van der Waals surface area contributed by atoms with Crippen LogP contribution < -0.4 is 0 Å². The zero-order valence-corrected chi connectivity index (χ0v) is 20.7. The molecule has 0 unspecified atom stereocenters. The summed E-state index contributed by atoms with van der Waals surface area (Å²) < 4.78 is 17.8. The molecule has 0 radical (unpaired) electrons. The lowest BCUT2D eigenvalue weighted by molar-refractivity contribution is -0.150. The standard InChI is InChI=1S/C23H40O5Si/c1-10-26-20(24)12-17-11-18(13-19-21(17)22(25)27-23(19,8)9)28-29(14(2)3,15(4)5)16(6)7/h13-17,19,21H,10-12H2,1-9H3/t17-,19+,21-/m1/s1. The number of hydrogen-bond acceptors (Lipinski definition) is 5.